The minimum absolute atomic E-state index is 0.0183. The number of anilines is 2. The van der Waals surface area contributed by atoms with E-state index in [1.807, 2.05) is 26.0 Å². The maximum atomic E-state index is 12.0. The van der Waals surface area contributed by atoms with Crippen LogP contribution in [0.3, 0.4) is 0 Å². The molecule has 0 aromatic heterocycles. The van der Waals surface area contributed by atoms with Gasteiger partial charge in [-0.3, -0.25) is 9.59 Å². The number of hydrogen-bond acceptors (Lipinski definition) is 4. The van der Waals surface area contributed by atoms with Gasteiger partial charge in [0.25, 0.3) is 0 Å². The van der Waals surface area contributed by atoms with Crippen LogP contribution in [0, 0.1) is 5.92 Å². The summed E-state index contributed by atoms with van der Waals surface area (Å²) >= 11 is 0. The second-order valence-corrected chi connectivity index (χ2v) is 6.52. The zero-order chi connectivity index (χ0) is 19.6. The second-order valence-electron chi connectivity index (χ2n) is 6.52. The molecule has 0 aliphatic heterocycles. The van der Waals surface area contributed by atoms with Crippen LogP contribution in [-0.4, -0.2) is 25.5 Å². The fourth-order valence-electron chi connectivity index (χ4n) is 2.43. The predicted octanol–water partition coefficient (Wildman–Crippen LogP) is 4.09. The predicted molar refractivity (Wildman–Crippen MR) is 106 cm³/mol. The van der Waals surface area contributed by atoms with E-state index in [2.05, 4.69) is 10.6 Å². The van der Waals surface area contributed by atoms with Crippen LogP contribution in [-0.2, 0) is 9.59 Å². The molecule has 0 unspecified atom stereocenters. The fraction of sp³-hybridized carbons (Fsp3) is 0.333. The maximum absolute atomic E-state index is 12.0. The van der Waals surface area contributed by atoms with Crippen molar-refractivity contribution >= 4 is 23.2 Å². The molecule has 2 N–H and O–H groups in total. The standard InChI is InChI=1S/C21H26N2O4/c1-15(2)14-21(25)23-17-10-8-16(9-11-17)22-20(24)12-13-27-19-7-5-4-6-18(19)26-3/h4-11,15H,12-14H2,1-3H3,(H,22,24)(H,23,25). The zero-order valence-corrected chi connectivity index (χ0v) is 16.0. The first-order valence-electron chi connectivity index (χ1n) is 8.93. The zero-order valence-electron chi connectivity index (χ0n) is 16.0. The van der Waals surface area contributed by atoms with Crippen LogP contribution in [0.2, 0.25) is 0 Å². The Labute approximate surface area is 159 Å². The summed E-state index contributed by atoms with van der Waals surface area (Å²) in [6, 6.07) is 14.3. The molecule has 0 radical (unpaired) electrons. The molecule has 0 aliphatic rings. The van der Waals surface area contributed by atoms with Crippen molar-refractivity contribution in [3.8, 4) is 11.5 Å². The Balaban J connectivity index is 1.77. The van der Waals surface area contributed by atoms with Crippen molar-refractivity contribution in [2.75, 3.05) is 24.4 Å². The Hall–Kier alpha value is -3.02. The van der Waals surface area contributed by atoms with Crippen molar-refractivity contribution in [1.82, 2.24) is 0 Å². The SMILES string of the molecule is COc1ccccc1OCCC(=O)Nc1ccc(NC(=O)CC(C)C)cc1. The Morgan fingerprint density at radius 2 is 1.44 bits per heavy atom. The molecule has 0 saturated heterocycles. The van der Waals surface area contributed by atoms with Gasteiger partial charge in [0.2, 0.25) is 11.8 Å². The van der Waals surface area contributed by atoms with Crippen LogP contribution in [0.15, 0.2) is 48.5 Å². The fourth-order valence-corrected chi connectivity index (χ4v) is 2.43. The molecule has 6 heteroatoms. The first-order valence-corrected chi connectivity index (χ1v) is 8.93. The molecule has 2 aromatic rings. The monoisotopic (exact) mass is 370 g/mol. The van der Waals surface area contributed by atoms with Crippen molar-refractivity contribution in [2.45, 2.75) is 26.7 Å². The van der Waals surface area contributed by atoms with Crippen LogP contribution in [0.1, 0.15) is 26.7 Å². The normalized spacial score (nSPS) is 10.4. The number of para-hydroxylation sites is 2. The highest BCUT2D eigenvalue weighted by molar-refractivity contribution is 5.93. The first-order chi connectivity index (χ1) is 13.0. The number of carbonyl (C=O) groups excluding carboxylic acids is 2. The lowest BCUT2D eigenvalue weighted by molar-refractivity contribution is -0.117. The molecule has 0 atom stereocenters. The van der Waals surface area contributed by atoms with E-state index in [0.29, 0.717) is 35.2 Å². The number of ether oxygens (including phenoxy) is 2. The summed E-state index contributed by atoms with van der Waals surface area (Å²) in [5.74, 6) is 1.38. The molecule has 6 nitrogen and oxygen atoms in total. The van der Waals surface area contributed by atoms with Crippen LogP contribution >= 0.6 is 0 Å². The Bertz CT molecular complexity index is 757. The molecule has 0 fully saturated rings. The number of methoxy groups -OCH3 is 1. The van der Waals surface area contributed by atoms with Crippen molar-refractivity contribution in [2.24, 2.45) is 5.92 Å². The molecule has 144 valence electrons. The van der Waals surface area contributed by atoms with Crippen LogP contribution in [0.25, 0.3) is 0 Å². The number of nitrogens with one attached hydrogen (secondary N) is 2. The number of rotatable bonds is 9. The van der Waals surface area contributed by atoms with Gasteiger partial charge in [-0.15, -0.1) is 0 Å². The smallest absolute Gasteiger partial charge is 0.227 e. The summed E-state index contributed by atoms with van der Waals surface area (Å²) in [5, 5.41) is 5.64. The highest BCUT2D eigenvalue weighted by Gasteiger charge is 2.07. The Morgan fingerprint density at radius 3 is 2.00 bits per heavy atom. The van der Waals surface area contributed by atoms with Crippen LogP contribution in [0.4, 0.5) is 11.4 Å². The lowest BCUT2D eigenvalue weighted by atomic mass is 10.1. The molecule has 2 amide bonds. The lowest BCUT2D eigenvalue weighted by Crippen LogP contribution is -2.16. The summed E-state index contributed by atoms with van der Waals surface area (Å²) in [7, 11) is 1.57. The van der Waals surface area contributed by atoms with Gasteiger partial charge in [-0.05, 0) is 42.3 Å². The molecular weight excluding hydrogens is 344 g/mol. The molecular formula is C21H26N2O4. The summed E-state index contributed by atoms with van der Waals surface area (Å²) in [6.45, 7) is 4.24. The average Bonchev–Trinajstić information content (AvgIpc) is 2.63. The number of benzene rings is 2. The maximum Gasteiger partial charge on any atom is 0.227 e. The van der Waals surface area contributed by atoms with E-state index in [1.54, 1.807) is 43.5 Å². The molecule has 0 spiro atoms. The van der Waals surface area contributed by atoms with Gasteiger partial charge in [-0.25, -0.2) is 0 Å². The summed E-state index contributed by atoms with van der Waals surface area (Å²) in [4.78, 5) is 23.8. The minimum Gasteiger partial charge on any atom is -0.493 e. The number of hydrogen-bond donors (Lipinski definition) is 2. The van der Waals surface area contributed by atoms with Crippen LogP contribution in [0.5, 0.6) is 11.5 Å². The molecule has 0 heterocycles. The summed E-state index contributed by atoms with van der Waals surface area (Å²) in [5.41, 5.74) is 1.37. The largest absolute Gasteiger partial charge is 0.493 e. The Kier molecular flexibility index (Phi) is 7.67. The van der Waals surface area contributed by atoms with Gasteiger partial charge in [0.15, 0.2) is 11.5 Å². The Morgan fingerprint density at radius 1 is 0.889 bits per heavy atom. The number of amides is 2. The number of carbonyl (C=O) groups is 2. The first kappa shape index (κ1) is 20.3. The topological polar surface area (TPSA) is 76.7 Å². The molecule has 2 aromatic carbocycles. The minimum atomic E-state index is -0.151. The van der Waals surface area contributed by atoms with Crippen molar-refractivity contribution < 1.29 is 19.1 Å². The summed E-state index contributed by atoms with van der Waals surface area (Å²) in [6.07, 6.45) is 0.690. The van der Waals surface area contributed by atoms with Crippen molar-refractivity contribution in [3.63, 3.8) is 0 Å². The molecule has 0 aliphatic carbocycles. The average molecular weight is 370 g/mol. The highest BCUT2D eigenvalue weighted by atomic mass is 16.5. The van der Waals surface area contributed by atoms with Crippen molar-refractivity contribution in [3.05, 3.63) is 48.5 Å². The lowest BCUT2D eigenvalue weighted by Gasteiger charge is -2.11. The molecule has 2 rings (SSSR count). The van der Waals surface area contributed by atoms with E-state index in [1.165, 1.54) is 0 Å². The van der Waals surface area contributed by atoms with E-state index in [-0.39, 0.29) is 24.8 Å². The van der Waals surface area contributed by atoms with E-state index in [9.17, 15) is 9.59 Å². The van der Waals surface area contributed by atoms with Gasteiger partial charge >= 0.3 is 0 Å². The van der Waals surface area contributed by atoms with Gasteiger partial charge in [0.1, 0.15) is 0 Å². The quantitative estimate of drug-likeness (QED) is 0.697. The van der Waals surface area contributed by atoms with Crippen LogP contribution < -0.4 is 20.1 Å². The third-order valence-electron chi connectivity index (χ3n) is 3.70. The van der Waals surface area contributed by atoms with E-state index < -0.39 is 0 Å². The van der Waals surface area contributed by atoms with Gasteiger partial charge in [0, 0.05) is 17.8 Å². The highest BCUT2D eigenvalue weighted by Crippen LogP contribution is 2.25. The van der Waals surface area contributed by atoms with Crippen molar-refractivity contribution in [1.29, 1.82) is 0 Å². The van der Waals surface area contributed by atoms with Gasteiger partial charge < -0.3 is 20.1 Å². The molecule has 0 saturated carbocycles. The van der Waals surface area contributed by atoms with E-state index >= 15 is 0 Å². The summed E-state index contributed by atoms with van der Waals surface area (Å²) < 4.78 is 10.8. The molecule has 0 bridgehead atoms. The van der Waals surface area contributed by atoms with E-state index in [4.69, 9.17) is 9.47 Å². The second kappa shape index (κ2) is 10.2. The third kappa shape index (κ3) is 7.01. The molecule has 27 heavy (non-hydrogen) atoms. The third-order valence-corrected chi connectivity index (χ3v) is 3.70. The van der Waals surface area contributed by atoms with E-state index in [0.717, 1.165) is 0 Å². The van der Waals surface area contributed by atoms with Gasteiger partial charge in [0.05, 0.1) is 20.1 Å². The van der Waals surface area contributed by atoms with Gasteiger partial charge in [-0.2, -0.15) is 0 Å². The van der Waals surface area contributed by atoms with Gasteiger partial charge in [-0.1, -0.05) is 26.0 Å².